The van der Waals surface area contributed by atoms with Crippen LogP contribution in [0, 0.1) is 0 Å². The molecule has 140 valence electrons. The summed E-state index contributed by atoms with van der Waals surface area (Å²) < 4.78 is 0. The zero-order valence-corrected chi connectivity index (χ0v) is 16.3. The van der Waals surface area contributed by atoms with Crippen LogP contribution < -0.4 is 5.32 Å². The molecule has 0 bridgehead atoms. The van der Waals surface area contributed by atoms with Crippen molar-refractivity contribution in [3.8, 4) is 0 Å². The standard InChI is InChI=1S/C20H19ClN2O3S/c1-13(14-6-4-5-9-17(14)21)22-18(24)12-27-11-10-23-19(25)15-7-2-3-8-16(15)20(23)26/h2-9,13H,10-12H2,1H3,(H,22,24)/t13-/m1/s1. The lowest BCUT2D eigenvalue weighted by atomic mass is 10.1. The molecule has 2 aromatic rings. The first-order chi connectivity index (χ1) is 13.0. The highest BCUT2D eigenvalue weighted by Crippen LogP contribution is 2.23. The molecule has 0 saturated carbocycles. The molecule has 0 fully saturated rings. The molecule has 1 heterocycles. The average Bonchev–Trinajstić information content (AvgIpc) is 2.90. The second-order valence-corrected chi connectivity index (χ2v) is 7.68. The Labute approximate surface area is 167 Å². The van der Waals surface area contributed by atoms with Gasteiger partial charge in [0, 0.05) is 17.3 Å². The largest absolute Gasteiger partial charge is 0.349 e. The van der Waals surface area contributed by atoms with Crippen LogP contribution in [-0.4, -0.2) is 40.7 Å². The highest BCUT2D eigenvalue weighted by atomic mass is 35.5. The molecule has 1 atom stereocenters. The van der Waals surface area contributed by atoms with E-state index in [-0.39, 0.29) is 36.1 Å². The van der Waals surface area contributed by atoms with Gasteiger partial charge >= 0.3 is 0 Å². The van der Waals surface area contributed by atoms with Crippen molar-refractivity contribution < 1.29 is 14.4 Å². The molecule has 1 N–H and O–H groups in total. The molecular weight excluding hydrogens is 384 g/mol. The second kappa shape index (κ2) is 8.59. The third-order valence-electron chi connectivity index (χ3n) is 4.32. The molecule has 5 nitrogen and oxygen atoms in total. The molecule has 0 unspecified atom stereocenters. The van der Waals surface area contributed by atoms with Crippen molar-refractivity contribution in [2.75, 3.05) is 18.1 Å². The van der Waals surface area contributed by atoms with Crippen LogP contribution in [0.2, 0.25) is 5.02 Å². The number of rotatable bonds is 7. The van der Waals surface area contributed by atoms with Gasteiger partial charge in [0.1, 0.15) is 0 Å². The predicted molar refractivity (Wildman–Crippen MR) is 107 cm³/mol. The van der Waals surface area contributed by atoms with Crippen LogP contribution in [-0.2, 0) is 4.79 Å². The van der Waals surface area contributed by atoms with Crippen molar-refractivity contribution in [3.05, 3.63) is 70.2 Å². The van der Waals surface area contributed by atoms with Crippen LogP contribution in [0.25, 0.3) is 0 Å². The van der Waals surface area contributed by atoms with Crippen LogP contribution in [0.4, 0.5) is 0 Å². The quantitative estimate of drug-likeness (QED) is 0.568. The number of thioether (sulfide) groups is 1. The van der Waals surface area contributed by atoms with E-state index >= 15 is 0 Å². The summed E-state index contributed by atoms with van der Waals surface area (Å²) in [5, 5.41) is 3.52. The van der Waals surface area contributed by atoms with E-state index in [2.05, 4.69) is 5.32 Å². The van der Waals surface area contributed by atoms with E-state index in [0.29, 0.717) is 21.9 Å². The van der Waals surface area contributed by atoms with Crippen molar-refractivity contribution in [3.63, 3.8) is 0 Å². The number of carbonyl (C=O) groups excluding carboxylic acids is 3. The fourth-order valence-electron chi connectivity index (χ4n) is 2.95. The maximum atomic E-state index is 12.3. The summed E-state index contributed by atoms with van der Waals surface area (Å²) in [4.78, 5) is 37.9. The molecule has 0 aliphatic carbocycles. The van der Waals surface area contributed by atoms with Gasteiger partial charge in [-0.3, -0.25) is 19.3 Å². The van der Waals surface area contributed by atoms with Crippen molar-refractivity contribution in [2.24, 2.45) is 0 Å². The van der Waals surface area contributed by atoms with Gasteiger partial charge in [-0.05, 0) is 30.7 Å². The normalized spacial score (nSPS) is 14.2. The summed E-state index contributed by atoms with van der Waals surface area (Å²) in [6.07, 6.45) is 0. The monoisotopic (exact) mass is 402 g/mol. The molecule has 3 amide bonds. The Morgan fingerprint density at radius 3 is 2.30 bits per heavy atom. The molecule has 0 aromatic heterocycles. The predicted octanol–water partition coefficient (Wildman–Crippen LogP) is 3.55. The smallest absolute Gasteiger partial charge is 0.261 e. The number of nitrogens with one attached hydrogen (secondary N) is 1. The minimum absolute atomic E-state index is 0.116. The molecular formula is C20H19ClN2O3S. The lowest BCUT2D eigenvalue weighted by Gasteiger charge is -2.16. The number of fused-ring (bicyclic) bond motifs is 1. The van der Waals surface area contributed by atoms with Gasteiger partial charge in [-0.25, -0.2) is 0 Å². The van der Waals surface area contributed by atoms with Gasteiger partial charge in [0.25, 0.3) is 11.8 Å². The Balaban J connectivity index is 1.44. The molecule has 0 radical (unpaired) electrons. The SMILES string of the molecule is C[C@@H](NC(=O)CSCCN1C(=O)c2ccccc2C1=O)c1ccccc1Cl. The Morgan fingerprint density at radius 1 is 1.07 bits per heavy atom. The van der Waals surface area contributed by atoms with Crippen LogP contribution in [0.1, 0.15) is 39.2 Å². The Morgan fingerprint density at radius 2 is 1.67 bits per heavy atom. The average molecular weight is 403 g/mol. The van der Waals surface area contributed by atoms with Gasteiger partial charge in [-0.1, -0.05) is 41.9 Å². The summed E-state index contributed by atoms with van der Waals surface area (Å²) in [6.45, 7) is 2.16. The number of imide groups is 1. The summed E-state index contributed by atoms with van der Waals surface area (Å²) >= 11 is 7.52. The molecule has 3 rings (SSSR count). The first kappa shape index (κ1) is 19.5. The number of carbonyl (C=O) groups is 3. The van der Waals surface area contributed by atoms with Gasteiger partial charge in [0.05, 0.1) is 22.9 Å². The van der Waals surface area contributed by atoms with Crippen LogP contribution in [0.3, 0.4) is 0 Å². The van der Waals surface area contributed by atoms with Crippen LogP contribution in [0.5, 0.6) is 0 Å². The third kappa shape index (κ3) is 4.34. The van der Waals surface area contributed by atoms with Crippen LogP contribution >= 0.6 is 23.4 Å². The van der Waals surface area contributed by atoms with E-state index in [9.17, 15) is 14.4 Å². The van der Waals surface area contributed by atoms with Crippen molar-refractivity contribution in [1.82, 2.24) is 10.2 Å². The fraction of sp³-hybridized carbons (Fsp3) is 0.250. The maximum absolute atomic E-state index is 12.3. The summed E-state index contributed by atoms with van der Waals surface area (Å²) in [5.41, 5.74) is 1.75. The lowest BCUT2D eigenvalue weighted by Crippen LogP contribution is -2.32. The number of halogens is 1. The van der Waals surface area contributed by atoms with E-state index < -0.39 is 0 Å². The summed E-state index contributed by atoms with van der Waals surface area (Å²) in [6, 6.07) is 14.0. The Bertz CT molecular complexity index is 852. The minimum atomic E-state index is -0.270. The molecule has 1 aliphatic rings. The summed E-state index contributed by atoms with van der Waals surface area (Å²) in [5.74, 6) is 0.0906. The van der Waals surface area contributed by atoms with Gasteiger partial charge in [0.15, 0.2) is 0 Å². The van der Waals surface area contributed by atoms with Gasteiger partial charge in [-0.15, -0.1) is 0 Å². The Kier molecular flexibility index (Phi) is 6.19. The summed E-state index contributed by atoms with van der Waals surface area (Å²) in [7, 11) is 0. The lowest BCUT2D eigenvalue weighted by molar-refractivity contribution is -0.119. The van der Waals surface area contributed by atoms with E-state index in [1.807, 2.05) is 25.1 Å². The van der Waals surface area contributed by atoms with Gasteiger partial charge < -0.3 is 5.32 Å². The second-order valence-electron chi connectivity index (χ2n) is 6.17. The fourth-order valence-corrected chi connectivity index (χ4v) is 3.97. The highest BCUT2D eigenvalue weighted by molar-refractivity contribution is 7.99. The number of amides is 3. The third-order valence-corrected chi connectivity index (χ3v) is 5.60. The number of benzene rings is 2. The van der Waals surface area contributed by atoms with E-state index in [0.717, 1.165) is 5.56 Å². The minimum Gasteiger partial charge on any atom is -0.349 e. The van der Waals surface area contributed by atoms with E-state index in [1.54, 1.807) is 30.3 Å². The Hall–Kier alpha value is -2.31. The maximum Gasteiger partial charge on any atom is 0.261 e. The first-order valence-corrected chi connectivity index (χ1v) is 10.1. The molecule has 7 heteroatoms. The van der Waals surface area contributed by atoms with Crippen molar-refractivity contribution >= 4 is 41.1 Å². The first-order valence-electron chi connectivity index (χ1n) is 8.56. The number of hydrogen-bond donors (Lipinski definition) is 1. The molecule has 0 saturated heterocycles. The van der Waals surface area contributed by atoms with Gasteiger partial charge in [0.2, 0.25) is 5.91 Å². The number of hydrogen-bond acceptors (Lipinski definition) is 4. The van der Waals surface area contributed by atoms with Crippen molar-refractivity contribution in [2.45, 2.75) is 13.0 Å². The van der Waals surface area contributed by atoms with Crippen LogP contribution in [0.15, 0.2) is 48.5 Å². The van der Waals surface area contributed by atoms with E-state index in [4.69, 9.17) is 11.6 Å². The van der Waals surface area contributed by atoms with Crippen molar-refractivity contribution in [1.29, 1.82) is 0 Å². The highest BCUT2D eigenvalue weighted by Gasteiger charge is 2.34. The molecule has 2 aromatic carbocycles. The topological polar surface area (TPSA) is 66.5 Å². The zero-order chi connectivity index (χ0) is 19.4. The van der Waals surface area contributed by atoms with Gasteiger partial charge in [-0.2, -0.15) is 11.8 Å². The molecule has 0 spiro atoms. The van der Waals surface area contributed by atoms with E-state index in [1.165, 1.54) is 16.7 Å². The zero-order valence-electron chi connectivity index (χ0n) is 14.8. The molecule has 27 heavy (non-hydrogen) atoms. The molecule has 1 aliphatic heterocycles. The number of nitrogens with zero attached hydrogens (tertiary/aromatic N) is 1.